The molecule has 0 radical (unpaired) electrons. The number of fused-ring (bicyclic) bond motifs is 1. The number of esters is 1. The second kappa shape index (κ2) is 15.3. The number of nitrogens with zero attached hydrogens (tertiary/aromatic N) is 2. The fourth-order valence-electron chi connectivity index (χ4n) is 5.83. The Hall–Kier alpha value is -4.67. The van der Waals surface area contributed by atoms with E-state index in [9.17, 15) is 14.4 Å². The molecule has 1 amide bonds. The average molecular weight is 686 g/mol. The molecule has 5 aromatic rings. The largest absolute Gasteiger partial charge is 0.457 e. The van der Waals surface area contributed by atoms with Crippen molar-refractivity contribution in [3.8, 4) is 10.4 Å². The van der Waals surface area contributed by atoms with Crippen molar-refractivity contribution in [1.29, 1.82) is 0 Å². The van der Waals surface area contributed by atoms with Crippen LogP contribution in [-0.2, 0) is 34.0 Å². The second-order valence-corrected chi connectivity index (χ2v) is 14.0. The van der Waals surface area contributed by atoms with Crippen LogP contribution in [-0.4, -0.2) is 28.4 Å². The number of halogens is 2. The van der Waals surface area contributed by atoms with Crippen LogP contribution in [0.15, 0.2) is 83.8 Å². The van der Waals surface area contributed by atoms with Crippen LogP contribution in [0.2, 0.25) is 0 Å². The van der Waals surface area contributed by atoms with Crippen LogP contribution in [0.5, 0.6) is 0 Å². The zero-order chi connectivity index (χ0) is 35.4. The summed E-state index contributed by atoms with van der Waals surface area (Å²) in [5, 5.41) is 3.32. The lowest BCUT2D eigenvalue weighted by molar-refractivity contribution is -0.149. The van der Waals surface area contributed by atoms with Gasteiger partial charge in [0.05, 0.1) is 17.5 Å². The van der Waals surface area contributed by atoms with Crippen LogP contribution in [0.1, 0.15) is 63.0 Å². The van der Waals surface area contributed by atoms with Gasteiger partial charge in [0, 0.05) is 48.3 Å². The number of aromatic nitrogens is 1. The van der Waals surface area contributed by atoms with Gasteiger partial charge >= 0.3 is 5.97 Å². The molecule has 2 aromatic heterocycles. The van der Waals surface area contributed by atoms with Crippen molar-refractivity contribution in [3.05, 3.63) is 123 Å². The van der Waals surface area contributed by atoms with E-state index >= 15 is 8.78 Å². The fourth-order valence-corrected chi connectivity index (χ4v) is 7.12. The smallest absolute Gasteiger partial charge is 0.303 e. The predicted molar refractivity (Wildman–Crippen MR) is 191 cm³/mol. The van der Waals surface area contributed by atoms with E-state index in [1.54, 1.807) is 10.8 Å². The van der Waals surface area contributed by atoms with Crippen LogP contribution in [0.3, 0.4) is 0 Å². The summed E-state index contributed by atoms with van der Waals surface area (Å²) in [6, 6.07) is 21.1. The second-order valence-electron chi connectivity index (χ2n) is 13.0. The molecule has 0 saturated carbocycles. The van der Waals surface area contributed by atoms with Crippen LogP contribution in [0, 0.1) is 23.5 Å². The molecule has 0 bridgehead atoms. The third kappa shape index (κ3) is 8.14. The van der Waals surface area contributed by atoms with Crippen molar-refractivity contribution in [2.75, 3.05) is 12.4 Å². The lowest BCUT2D eigenvalue weighted by Gasteiger charge is -2.23. The molecule has 7 nitrogen and oxygen atoms in total. The van der Waals surface area contributed by atoms with Gasteiger partial charge in [-0.1, -0.05) is 76.2 Å². The summed E-state index contributed by atoms with van der Waals surface area (Å²) in [5.74, 6) is -2.49. The van der Waals surface area contributed by atoms with Gasteiger partial charge < -0.3 is 14.6 Å². The molecular formula is C39H41F2N3O4S. The minimum atomic E-state index is -0.881. The highest BCUT2D eigenvalue weighted by Gasteiger charge is 2.28. The fraction of sp³-hybridized carbons (Fsp3) is 0.308. The summed E-state index contributed by atoms with van der Waals surface area (Å²) in [7, 11) is 1.97. The molecule has 0 saturated heterocycles. The number of thiophene rings is 1. The molecule has 1 N–H and O–H groups in total. The number of amides is 1. The Bertz CT molecular complexity index is 2000. The molecule has 256 valence electrons. The molecule has 2 heterocycles. The summed E-state index contributed by atoms with van der Waals surface area (Å²) >= 11 is 1.36. The zero-order valence-corrected chi connectivity index (χ0v) is 29.4. The van der Waals surface area contributed by atoms with Gasteiger partial charge in [-0.3, -0.25) is 19.3 Å². The van der Waals surface area contributed by atoms with Gasteiger partial charge in [-0.15, -0.1) is 11.3 Å². The van der Waals surface area contributed by atoms with E-state index in [1.165, 1.54) is 36.5 Å². The first-order valence-electron chi connectivity index (χ1n) is 16.3. The monoisotopic (exact) mass is 685 g/mol. The van der Waals surface area contributed by atoms with Crippen molar-refractivity contribution in [1.82, 2.24) is 9.47 Å². The van der Waals surface area contributed by atoms with Crippen molar-refractivity contribution < 1.29 is 23.1 Å². The Kier molecular flexibility index (Phi) is 11.1. The molecular weight excluding hydrogens is 645 g/mol. The van der Waals surface area contributed by atoms with Gasteiger partial charge in [-0.05, 0) is 53.9 Å². The number of rotatable bonds is 12. The summed E-state index contributed by atoms with van der Waals surface area (Å²) in [6.07, 6.45) is 0.695. The number of carbonyl (C=O) groups is 2. The molecule has 0 aliphatic heterocycles. The first-order chi connectivity index (χ1) is 23.3. The van der Waals surface area contributed by atoms with Crippen molar-refractivity contribution in [3.63, 3.8) is 0 Å². The van der Waals surface area contributed by atoms with Gasteiger partial charge in [0.15, 0.2) is 5.43 Å². The van der Waals surface area contributed by atoms with Gasteiger partial charge in [0.2, 0.25) is 5.91 Å². The number of anilines is 1. The molecule has 1 atom stereocenters. The maximum absolute atomic E-state index is 15.1. The van der Waals surface area contributed by atoms with Crippen LogP contribution in [0.4, 0.5) is 14.5 Å². The molecule has 0 aliphatic rings. The van der Waals surface area contributed by atoms with Gasteiger partial charge in [-0.25, -0.2) is 8.78 Å². The molecule has 1 unspecified atom stereocenters. The summed E-state index contributed by atoms with van der Waals surface area (Å²) in [4.78, 5) is 42.6. The van der Waals surface area contributed by atoms with E-state index in [2.05, 4.69) is 10.2 Å². The molecule has 0 aliphatic carbocycles. The van der Waals surface area contributed by atoms with Crippen LogP contribution < -0.4 is 10.7 Å². The van der Waals surface area contributed by atoms with Crippen molar-refractivity contribution in [2.45, 2.75) is 60.4 Å². The predicted octanol–water partition coefficient (Wildman–Crippen LogP) is 8.54. The highest BCUT2D eigenvalue weighted by Crippen LogP contribution is 2.40. The van der Waals surface area contributed by atoms with E-state index in [1.807, 2.05) is 89.3 Å². The van der Waals surface area contributed by atoms with Crippen molar-refractivity contribution >= 4 is 39.1 Å². The van der Waals surface area contributed by atoms with Crippen LogP contribution in [0.25, 0.3) is 20.7 Å². The normalized spacial score (nSPS) is 12.2. The maximum Gasteiger partial charge on any atom is 0.303 e. The van der Waals surface area contributed by atoms with Gasteiger partial charge in [0.25, 0.3) is 0 Å². The van der Waals surface area contributed by atoms with E-state index in [0.717, 1.165) is 21.6 Å². The Morgan fingerprint density at radius 2 is 1.55 bits per heavy atom. The third-order valence-electron chi connectivity index (χ3n) is 8.29. The van der Waals surface area contributed by atoms with E-state index in [0.29, 0.717) is 29.0 Å². The standard InChI is InChI=1S/C39H41F2N3O4S/c1-23(2)36(48-25(5)45)31-22-44(21-29-32(40)13-10-14-33(29)41)39-34(35(31)46)30(20-43(6)19-26-11-8-7-9-12-26)37(49-39)27-15-17-28(18-16-27)42-38(47)24(3)4/h7-18,22-24,36H,19-21H2,1-6H3,(H,42,47). The lowest BCUT2D eigenvalue weighted by Crippen LogP contribution is -2.25. The van der Waals surface area contributed by atoms with Gasteiger partial charge in [-0.2, -0.15) is 0 Å². The van der Waals surface area contributed by atoms with Crippen molar-refractivity contribution in [2.24, 2.45) is 11.8 Å². The van der Waals surface area contributed by atoms with Crippen LogP contribution >= 0.6 is 11.3 Å². The minimum Gasteiger partial charge on any atom is -0.457 e. The summed E-state index contributed by atoms with van der Waals surface area (Å²) < 4.78 is 37.5. The number of ether oxygens (including phenoxy) is 1. The molecule has 49 heavy (non-hydrogen) atoms. The molecule has 5 rings (SSSR count). The third-order valence-corrected chi connectivity index (χ3v) is 9.61. The molecule has 10 heteroatoms. The van der Waals surface area contributed by atoms with E-state index < -0.39 is 23.7 Å². The zero-order valence-electron chi connectivity index (χ0n) is 28.6. The lowest BCUT2D eigenvalue weighted by atomic mass is 9.97. The maximum atomic E-state index is 15.1. The topological polar surface area (TPSA) is 80.6 Å². The quantitative estimate of drug-likeness (QED) is 0.133. The molecule has 0 fully saturated rings. The van der Waals surface area contributed by atoms with E-state index in [-0.39, 0.29) is 40.8 Å². The Labute approximate surface area is 289 Å². The highest BCUT2D eigenvalue weighted by atomic mass is 32.1. The number of hydrogen-bond donors (Lipinski definition) is 1. The molecule has 3 aromatic carbocycles. The number of carbonyl (C=O) groups excluding carboxylic acids is 2. The minimum absolute atomic E-state index is 0.102. The molecule has 0 spiro atoms. The Morgan fingerprint density at radius 1 is 0.898 bits per heavy atom. The highest BCUT2D eigenvalue weighted by molar-refractivity contribution is 7.22. The first kappa shape index (κ1) is 35.6. The Morgan fingerprint density at radius 3 is 2.14 bits per heavy atom. The number of pyridine rings is 1. The summed E-state index contributed by atoms with van der Waals surface area (Å²) in [5.41, 5.74) is 3.09. The van der Waals surface area contributed by atoms with E-state index in [4.69, 9.17) is 4.74 Å². The first-order valence-corrected chi connectivity index (χ1v) is 17.1. The number of benzene rings is 3. The van der Waals surface area contributed by atoms with Gasteiger partial charge in [0.1, 0.15) is 22.6 Å². The SMILES string of the molecule is CC(=O)OC(c1cn(Cc2c(F)cccc2F)c2sc(-c3ccc(NC(=O)C(C)C)cc3)c(CN(C)Cc3ccccc3)c2c1=O)C(C)C. The number of nitrogens with one attached hydrogen (secondary N) is 1. The average Bonchev–Trinajstić information content (AvgIpc) is 3.42. The summed E-state index contributed by atoms with van der Waals surface area (Å²) in [6.45, 7) is 9.44. The Balaban J connectivity index is 1.75. The number of hydrogen-bond acceptors (Lipinski definition) is 6.